The molecule has 0 unspecified atom stereocenters. The summed E-state index contributed by atoms with van der Waals surface area (Å²) in [5.41, 5.74) is 5.71. The predicted octanol–water partition coefficient (Wildman–Crippen LogP) is 3.18. The van der Waals surface area contributed by atoms with Crippen molar-refractivity contribution in [3.05, 3.63) is 65.2 Å². The van der Waals surface area contributed by atoms with Gasteiger partial charge in [0.25, 0.3) is 0 Å². The van der Waals surface area contributed by atoms with Gasteiger partial charge in [0.2, 0.25) is 5.91 Å². The molecule has 3 rings (SSSR count). The first-order chi connectivity index (χ1) is 16.1. The van der Waals surface area contributed by atoms with Gasteiger partial charge in [-0.3, -0.25) is 20.2 Å². The summed E-state index contributed by atoms with van der Waals surface area (Å²) in [5.74, 6) is -0.412. The van der Waals surface area contributed by atoms with E-state index in [0.29, 0.717) is 6.61 Å². The molecule has 1 fully saturated rings. The van der Waals surface area contributed by atoms with Gasteiger partial charge in [-0.1, -0.05) is 36.4 Å². The second-order valence-corrected chi connectivity index (χ2v) is 8.15. The number of amides is 2. The lowest BCUT2D eigenvalue weighted by atomic mass is 10.0. The highest BCUT2D eigenvalue weighted by Gasteiger charge is 2.11. The Labute approximate surface area is 194 Å². The SMILES string of the molecule is O=C(Cc1ccc(CCCCc2ccc(NC(=O)OCCN3CCOCC3)cc2)cc1)NO. The number of carbonyl (C=O) groups is 2. The molecule has 0 atom stereocenters. The minimum Gasteiger partial charge on any atom is -0.448 e. The predicted molar refractivity (Wildman–Crippen MR) is 125 cm³/mol. The van der Waals surface area contributed by atoms with E-state index < -0.39 is 12.0 Å². The molecule has 2 aromatic rings. The summed E-state index contributed by atoms with van der Waals surface area (Å²) in [5, 5.41) is 11.4. The number of benzene rings is 2. The molecule has 3 N–H and O–H groups in total. The van der Waals surface area contributed by atoms with Crippen molar-refractivity contribution < 1.29 is 24.3 Å². The number of ether oxygens (including phenoxy) is 2. The first kappa shape index (κ1) is 24.7. The molecule has 0 aromatic heterocycles. The summed E-state index contributed by atoms with van der Waals surface area (Å²) >= 11 is 0. The topological polar surface area (TPSA) is 100 Å². The highest BCUT2D eigenvalue weighted by Crippen LogP contribution is 2.14. The van der Waals surface area contributed by atoms with Gasteiger partial charge in [-0.25, -0.2) is 10.3 Å². The maximum atomic E-state index is 12.0. The number of nitrogens with one attached hydrogen (secondary N) is 2. The molecular formula is C25H33N3O5. The maximum absolute atomic E-state index is 12.0. The van der Waals surface area contributed by atoms with Crippen molar-refractivity contribution in [3.8, 4) is 0 Å². The Morgan fingerprint density at radius 3 is 2.09 bits per heavy atom. The van der Waals surface area contributed by atoms with Gasteiger partial charge in [0.1, 0.15) is 6.61 Å². The summed E-state index contributed by atoms with van der Waals surface area (Å²) in [6.45, 7) is 4.32. The smallest absolute Gasteiger partial charge is 0.411 e. The molecule has 0 aliphatic carbocycles. The number of carbonyl (C=O) groups excluding carboxylic acids is 2. The summed E-state index contributed by atoms with van der Waals surface area (Å²) in [6.07, 6.45) is 3.81. The van der Waals surface area contributed by atoms with E-state index in [-0.39, 0.29) is 6.42 Å². The van der Waals surface area contributed by atoms with Crippen LogP contribution in [0.2, 0.25) is 0 Å². The van der Waals surface area contributed by atoms with Crippen molar-refractivity contribution in [2.45, 2.75) is 32.1 Å². The van der Waals surface area contributed by atoms with E-state index in [1.54, 1.807) is 5.48 Å². The summed E-state index contributed by atoms with van der Waals surface area (Å²) in [4.78, 5) is 25.4. The van der Waals surface area contributed by atoms with Crippen molar-refractivity contribution in [2.24, 2.45) is 0 Å². The van der Waals surface area contributed by atoms with Crippen molar-refractivity contribution in [2.75, 3.05) is 44.8 Å². The van der Waals surface area contributed by atoms with Crippen LogP contribution in [0.25, 0.3) is 0 Å². The third-order valence-electron chi connectivity index (χ3n) is 5.64. The van der Waals surface area contributed by atoms with Crippen LogP contribution in [0.1, 0.15) is 29.5 Å². The molecular weight excluding hydrogens is 422 g/mol. The first-order valence-corrected chi connectivity index (χ1v) is 11.5. The monoisotopic (exact) mass is 455 g/mol. The van der Waals surface area contributed by atoms with Gasteiger partial charge in [-0.15, -0.1) is 0 Å². The van der Waals surface area contributed by atoms with Crippen molar-refractivity contribution >= 4 is 17.7 Å². The molecule has 0 radical (unpaired) electrons. The molecule has 2 amide bonds. The fourth-order valence-electron chi connectivity index (χ4n) is 3.71. The standard InChI is InChI=1S/C25H33N3O5/c29-24(27-31)19-22-7-5-20(6-8-22)3-1-2-4-21-9-11-23(12-10-21)26-25(30)33-18-15-28-13-16-32-17-14-28/h5-12,31H,1-4,13-19H2,(H,26,30)(H,27,29). The van der Waals surface area contributed by atoms with E-state index in [2.05, 4.69) is 10.2 Å². The number of hydrogen-bond donors (Lipinski definition) is 3. The summed E-state index contributed by atoms with van der Waals surface area (Å²) in [6, 6.07) is 15.8. The normalized spacial score (nSPS) is 14.0. The molecule has 2 aromatic carbocycles. The Kier molecular flexibility index (Phi) is 10.2. The molecule has 178 valence electrons. The Morgan fingerprint density at radius 2 is 1.48 bits per heavy atom. The zero-order chi connectivity index (χ0) is 23.3. The third-order valence-corrected chi connectivity index (χ3v) is 5.64. The van der Waals surface area contributed by atoms with Crippen LogP contribution in [0.4, 0.5) is 10.5 Å². The van der Waals surface area contributed by atoms with Crippen LogP contribution in [0.3, 0.4) is 0 Å². The number of hydrogen-bond acceptors (Lipinski definition) is 6. The second kappa shape index (κ2) is 13.6. The van der Waals surface area contributed by atoms with Gasteiger partial charge in [0.05, 0.1) is 19.6 Å². The van der Waals surface area contributed by atoms with E-state index >= 15 is 0 Å². The van der Waals surface area contributed by atoms with Crippen LogP contribution in [0.5, 0.6) is 0 Å². The van der Waals surface area contributed by atoms with Gasteiger partial charge in [0, 0.05) is 25.3 Å². The van der Waals surface area contributed by atoms with E-state index in [0.717, 1.165) is 69.8 Å². The quantitative estimate of drug-likeness (QED) is 0.273. The molecule has 1 aliphatic rings. The number of nitrogens with zero attached hydrogens (tertiary/aromatic N) is 1. The number of anilines is 1. The van der Waals surface area contributed by atoms with Gasteiger partial charge < -0.3 is 9.47 Å². The number of morpholine rings is 1. The molecule has 1 saturated heterocycles. The van der Waals surface area contributed by atoms with Crippen LogP contribution in [0, 0.1) is 0 Å². The van der Waals surface area contributed by atoms with Crippen LogP contribution < -0.4 is 10.8 Å². The van der Waals surface area contributed by atoms with Gasteiger partial charge in [-0.2, -0.15) is 0 Å². The van der Waals surface area contributed by atoms with Crippen LogP contribution >= 0.6 is 0 Å². The lowest BCUT2D eigenvalue weighted by molar-refractivity contribution is -0.128. The lowest BCUT2D eigenvalue weighted by Crippen LogP contribution is -2.38. The van der Waals surface area contributed by atoms with Crippen molar-refractivity contribution in [1.82, 2.24) is 10.4 Å². The lowest BCUT2D eigenvalue weighted by Gasteiger charge is -2.26. The second-order valence-electron chi connectivity index (χ2n) is 8.15. The molecule has 8 nitrogen and oxygen atoms in total. The van der Waals surface area contributed by atoms with Gasteiger partial charge >= 0.3 is 6.09 Å². The average molecular weight is 456 g/mol. The largest absolute Gasteiger partial charge is 0.448 e. The Balaban J connectivity index is 1.30. The first-order valence-electron chi connectivity index (χ1n) is 11.5. The minimum atomic E-state index is -0.431. The van der Waals surface area contributed by atoms with E-state index in [1.807, 2.05) is 48.5 Å². The maximum Gasteiger partial charge on any atom is 0.411 e. The zero-order valence-corrected chi connectivity index (χ0v) is 18.9. The fourth-order valence-corrected chi connectivity index (χ4v) is 3.71. The summed E-state index contributed by atoms with van der Waals surface area (Å²) in [7, 11) is 0. The van der Waals surface area contributed by atoms with Crippen molar-refractivity contribution in [1.29, 1.82) is 0 Å². The van der Waals surface area contributed by atoms with E-state index in [1.165, 1.54) is 11.1 Å². The Bertz CT molecular complexity index is 865. The molecule has 0 spiro atoms. The molecule has 8 heteroatoms. The number of unbranched alkanes of at least 4 members (excludes halogenated alkanes) is 1. The van der Waals surface area contributed by atoms with E-state index in [4.69, 9.17) is 14.7 Å². The summed E-state index contributed by atoms with van der Waals surface area (Å²) < 4.78 is 10.6. The highest BCUT2D eigenvalue weighted by molar-refractivity contribution is 5.84. The van der Waals surface area contributed by atoms with Crippen molar-refractivity contribution in [3.63, 3.8) is 0 Å². The van der Waals surface area contributed by atoms with Crippen LogP contribution in [-0.4, -0.2) is 61.6 Å². The molecule has 33 heavy (non-hydrogen) atoms. The van der Waals surface area contributed by atoms with Gasteiger partial charge in [-0.05, 0) is 54.5 Å². The number of aryl methyl sites for hydroxylation is 2. The molecule has 1 heterocycles. The molecule has 1 aliphatic heterocycles. The van der Waals surface area contributed by atoms with Crippen LogP contribution in [0.15, 0.2) is 48.5 Å². The average Bonchev–Trinajstić information content (AvgIpc) is 2.84. The fraction of sp³-hybridized carbons (Fsp3) is 0.440. The number of hydroxylamine groups is 1. The minimum absolute atomic E-state index is 0.174. The highest BCUT2D eigenvalue weighted by atomic mass is 16.5. The van der Waals surface area contributed by atoms with E-state index in [9.17, 15) is 9.59 Å². The Hall–Kier alpha value is -2.94. The van der Waals surface area contributed by atoms with Crippen LogP contribution in [-0.2, 0) is 33.5 Å². The molecule has 0 bridgehead atoms. The Morgan fingerprint density at radius 1 is 0.909 bits per heavy atom. The zero-order valence-electron chi connectivity index (χ0n) is 18.9. The number of rotatable bonds is 11. The third kappa shape index (κ3) is 9.21. The molecule has 0 saturated carbocycles. The van der Waals surface area contributed by atoms with Gasteiger partial charge in [0.15, 0.2) is 0 Å².